The maximum absolute atomic E-state index is 12.3. The molecule has 1 aliphatic rings. The fourth-order valence-electron chi connectivity index (χ4n) is 2.55. The van der Waals surface area contributed by atoms with E-state index < -0.39 is 0 Å². The van der Waals surface area contributed by atoms with Crippen LogP contribution in [0.5, 0.6) is 0 Å². The maximum atomic E-state index is 12.3. The predicted molar refractivity (Wildman–Crippen MR) is 82.0 cm³/mol. The molecule has 0 saturated carbocycles. The van der Waals surface area contributed by atoms with E-state index >= 15 is 0 Å². The second-order valence-electron chi connectivity index (χ2n) is 5.66. The summed E-state index contributed by atoms with van der Waals surface area (Å²) in [5.74, 6) is 0.165. The summed E-state index contributed by atoms with van der Waals surface area (Å²) in [4.78, 5) is 19.0. The van der Waals surface area contributed by atoms with Crippen molar-refractivity contribution in [2.45, 2.75) is 6.42 Å². The van der Waals surface area contributed by atoms with Crippen molar-refractivity contribution >= 4 is 5.91 Å². The average molecular weight is 275 g/mol. The Labute approximate surface area is 122 Å². The first-order valence-electron chi connectivity index (χ1n) is 7.38. The van der Waals surface area contributed by atoms with Gasteiger partial charge in [-0.2, -0.15) is 0 Å². The molecular weight excluding hydrogens is 250 g/mol. The highest BCUT2D eigenvalue weighted by atomic mass is 16.2. The Hall–Kier alpha value is -1.39. The minimum Gasteiger partial charge on any atom is -0.336 e. The number of carbonyl (C=O) groups excluding carboxylic acids is 1. The Morgan fingerprint density at radius 2 is 1.75 bits per heavy atom. The maximum Gasteiger partial charge on any atom is 0.253 e. The van der Waals surface area contributed by atoms with Gasteiger partial charge in [0, 0.05) is 31.7 Å². The van der Waals surface area contributed by atoms with Gasteiger partial charge in [0.05, 0.1) is 0 Å². The Kier molecular flexibility index (Phi) is 5.56. The number of nitrogens with zero attached hydrogens (tertiary/aromatic N) is 3. The van der Waals surface area contributed by atoms with E-state index in [0.29, 0.717) is 0 Å². The fourth-order valence-corrected chi connectivity index (χ4v) is 2.55. The molecule has 0 spiro atoms. The van der Waals surface area contributed by atoms with Gasteiger partial charge in [0.2, 0.25) is 0 Å². The largest absolute Gasteiger partial charge is 0.336 e. The molecule has 0 unspecified atom stereocenters. The van der Waals surface area contributed by atoms with E-state index in [4.69, 9.17) is 0 Å². The van der Waals surface area contributed by atoms with Crippen LogP contribution >= 0.6 is 0 Å². The zero-order valence-corrected chi connectivity index (χ0v) is 12.6. The Morgan fingerprint density at radius 1 is 1.10 bits per heavy atom. The van der Waals surface area contributed by atoms with Crippen LogP contribution in [0.3, 0.4) is 0 Å². The molecule has 4 heteroatoms. The van der Waals surface area contributed by atoms with Gasteiger partial charge < -0.3 is 9.80 Å². The molecule has 0 aromatic heterocycles. The van der Waals surface area contributed by atoms with Crippen LogP contribution in [-0.4, -0.2) is 74.0 Å². The van der Waals surface area contributed by atoms with Crippen molar-refractivity contribution in [3.63, 3.8) is 0 Å². The van der Waals surface area contributed by atoms with E-state index in [0.717, 1.165) is 44.8 Å². The molecule has 2 rings (SSSR count). The van der Waals surface area contributed by atoms with Crippen molar-refractivity contribution in [3.05, 3.63) is 35.9 Å². The molecule has 0 aliphatic carbocycles. The van der Waals surface area contributed by atoms with Gasteiger partial charge in [0.1, 0.15) is 0 Å². The summed E-state index contributed by atoms with van der Waals surface area (Å²) in [5.41, 5.74) is 0.800. The Bertz CT molecular complexity index is 411. The number of hydrogen-bond donors (Lipinski definition) is 0. The van der Waals surface area contributed by atoms with E-state index in [1.54, 1.807) is 0 Å². The van der Waals surface area contributed by atoms with Crippen molar-refractivity contribution in [3.8, 4) is 0 Å². The molecule has 1 aromatic carbocycles. The Morgan fingerprint density at radius 3 is 2.35 bits per heavy atom. The minimum atomic E-state index is 0.165. The molecule has 1 aromatic rings. The molecule has 0 atom stereocenters. The summed E-state index contributed by atoms with van der Waals surface area (Å²) >= 11 is 0. The van der Waals surface area contributed by atoms with Crippen LogP contribution in [0.1, 0.15) is 16.8 Å². The van der Waals surface area contributed by atoms with E-state index in [9.17, 15) is 4.79 Å². The standard InChI is InChI=1S/C16H25N3O/c1-17(2)9-6-10-18-11-13-19(14-12-18)16(20)15-7-4-3-5-8-15/h3-5,7-8H,6,9-14H2,1-2H3. The SMILES string of the molecule is CN(C)CCCN1CCN(C(=O)c2ccccc2)CC1. The normalized spacial score (nSPS) is 16.6. The molecule has 110 valence electrons. The number of benzene rings is 1. The molecule has 4 nitrogen and oxygen atoms in total. The summed E-state index contributed by atoms with van der Waals surface area (Å²) < 4.78 is 0. The smallest absolute Gasteiger partial charge is 0.253 e. The zero-order chi connectivity index (χ0) is 14.4. The highest BCUT2D eigenvalue weighted by Gasteiger charge is 2.21. The summed E-state index contributed by atoms with van der Waals surface area (Å²) in [6, 6.07) is 9.58. The van der Waals surface area contributed by atoms with Crippen molar-refractivity contribution in [1.82, 2.24) is 14.7 Å². The average Bonchev–Trinajstić information content (AvgIpc) is 2.48. The van der Waals surface area contributed by atoms with Gasteiger partial charge in [0.15, 0.2) is 0 Å². The third-order valence-corrected chi connectivity index (χ3v) is 3.76. The van der Waals surface area contributed by atoms with Crippen LogP contribution in [-0.2, 0) is 0 Å². The fraction of sp³-hybridized carbons (Fsp3) is 0.562. The Balaban J connectivity index is 1.75. The first-order valence-corrected chi connectivity index (χ1v) is 7.38. The number of rotatable bonds is 5. The van der Waals surface area contributed by atoms with Crippen LogP contribution in [0.2, 0.25) is 0 Å². The van der Waals surface area contributed by atoms with Gasteiger partial charge in [0.25, 0.3) is 5.91 Å². The van der Waals surface area contributed by atoms with Crippen molar-refractivity contribution in [2.75, 3.05) is 53.4 Å². The number of carbonyl (C=O) groups is 1. The van der Waals surface area contributed by atoms with Crippen LogP contribution in [0.25, 0.3) is 0 Å². The molecule has 0 bridgehead atoms. The number of hydrogen-bond acceptors (Lipinski definition) is 3. The third-order valence-electron chi connectivity index (χ3n) is 3.76. The highest BCUT2D eigenvalue weighted by Crippen LogP contribution is 2.09. The predicted octanol–water partition coefficient (Wildman–Crippen LogP) is 1.40. The second kappa shape index (κ2) is 7.41. The topological polar surface area (TPSA) is 26.8 Å². The first kappa shape index (κ1) is 15.0. The summed E-state index contributed by atoms with van der Waals surface area (Å²) in [6.45, 7) is 5.93. The van der Waals surface area contributed by atoms with Crippen LogP contribution in [0.15, 0.2) is 30.3 Å². The van der Waals surface area contributed by atoms with Gasteiger partial charge in [-0.1, -0.05) is 18.2 Å². The van der Waals surface area contributed by atoms with Crippen molar-refractivity contribution in [1.29, 1.82) is 0 Å². The van der Waals surface area contributed by atoms with Crippen LogP contribution < -0.4 is 0 Å². The van der Waals surface area contributed by atoms with Crippen molar-refractivity contribution in [2.24, 2.45) is 0 Å². The van der Waals surface area contributed by atoms with E-state index in [-0.39, 0.29) is 5.91 Å². The molecule has 1 fully saturated rings. The van der Waals surface area contributed by atoms with Gasteiger partial charge in [-0.15, -0.1) is 0 Å². The highest BCUT2D eigenvalue weighted by molar-refractivity contribution is 5.94. The van der Waals surface area contributed by atoms with E-state index in [1.165, 1.54) is 6.42 Å². The quantitative estimate of drug-likeness (QED) is 0.812. The molecule has 1 saturated heterocycles. The molecule has 0 N–H and O–H groups in total. The van der Waals surface area contributed by atoms with E-state index in [2.05, 4.69) is 23.9 Å². The lowest BCUT2D eigenvalue weighted by atomic mass is 10.2. The molecular formula is C16H25N3O. The van der Waals surface area contributed by atoms with Crippen LogP contribution in [0, 0.1) is 0 Å². The molecule has 1 heterocycles. The number of piperazine rings is 1. The minimum absolute atomic E-state index is 0.165. The monoisotopic (exact) mass is 275 g/mol. The second-order valence-corrected chi connectivity index (χ2v) is 5.66. The summed E-state index contributed by atoms with van der Waals surface area (Å²) in [5, 5.41) is 0. The first-order chi connectivity index (χ1) is 9.66. The lowest BCUT2D eigenvalue weighted by Crippen LogP contribution is -2.49. The lowest BCUT2D eigenvalue weighted by molar-refractivity contribution is 0.0634. The molecule has 1 aliphatic heterocycles. The lowest BCUT2D eigenvalue weighted by Gasteiger charge is -2.35. The van der Waals surface area contributed by atoms with Crippen LogP contribution in [0.4, 0.5) is 0 Å². The summed E-state index contributed by atoms with van der Waals surface area (Å²) in [7, 11) is 4.22. The molecule has 0 radical (unpaired) electrons. The van der Waals surface area contributed by atoms with E-state index in [1.807, 2.05) is 35.2 Å². The molecule has 1 amide bonds. The summed E-state index contributed by atoms with van der Waals surface area (Å²) in [6.07, 6.45) is 1.19. The zero-order valence-electron chi connectivity index (χ0n) is 12.6. The van der Waals surface area contributed by atoms with Crippen molar-refractivity contribution < 1.29 is 4.79 Å². The van der Waals surface area contributed by atoms with Gasteiger partial charge in [-0.05, 0) is 45.7 Å². The number of amides is 1. The molecule has 20 heavy (non-hydrogen) atoms. The van der Waals surface area contributed by atoms with Gasteiger partial charge in [-0.3, -0.25) is 9.69 Å². The van der Waals surface area contributed by atoms with Gasteiger partial charge in [-0.25, -0.2) is 0 Å². The van der Waals surface area contributed by atoms with Gasteiger partial charge >= 0.3 is 0 Å². The third kappa shape index (κ3) is 4.32.